The van der Waals surface area contributed by atoms with Crippen LogP contribution in [-0.2, 0) is 19.8 Å². The van der Waals surface area contributed by atoms with Gasteiger partial charge < -0.3 is 4.74 Å². The molecule has 0 saturated carbocycles. The lowest BCUT2D eigenvalue weighted by molar-refractivity contribution is -0.274. The number of hydrogen-bond acceptors (Lipinski definition) is 4. The van der Waals surface area contributed by atoms with Gasteiger partial charge in [0.1, 0.15) is 5.75 Å². The van der Waals surface area contributed by atoms with Crippen LogP contribution in [0.25, 0.3) is 0 Å². The molecular weight excluding hydrogens is 403 g/mol. The number of nitrogens with zero attached hydrogens (tertiary/aromatic N) is 1. The summed E-state index contributed by atoms with van der Waals surface area (Å²) in [6.07, 6.45) is -3.76. The number of benzene rings is 2. The van der Waals surface area contributed by atoms with Gasteiger partial charge >= 0.3 is 6.36 Å². The Morgan fingerprint density at radius 3 is 1.88 bits per heavy atom. The van der Waals surface area contributed by atoms with Gasteiger partial charge in [-0.15, -0.1) is 16.9 Å². The van der Waals surface area contributed by atoms with Crippen LogP contribution in [-0.4, -0.2) is 25.2 Å². The van der Waals surface area contributed by atoms with E-state index < -0.39 is 36.8 Å². The summed E-state index contributed by atoms with van der Waals surface area (Å²) in [6, 6.07) is 9.06. The molecule has 0 amide bonds. The van der Waals surface area contributed by atoms with Gasteiger partial charge in [-0.3, -0.25) is 0 Å². The maximum Gasteiger partial charge on any atom is 0.573 e. The van der Waals surface area contributed by atoms with Crippen molar-refractivity contribution in [2.24, 2.45) is 3.77 Å². The lowest BCUT2D eigenvalue weighted by atomic mass is 10.3. The molecule has 0 aliphatic heterocycles. The molecule has 2 rings (SSSR count). The lowest BCUT2D eigenvalue weighted by Crippen LogP contribution is -2.17. The highest BCUT2D eigenvalue weighted by atomic mass is 35.5. The van der Waals surface area contributed by atoms with Gasteiger partial charge in [0.05, 0.1) is 14.6 Å². The number of alkyl halides is 3. The van der Waals surface area contributed by atoms with Gasteiger partial charge in [-0.25, -0.2) is 4.21 Å². The zero-order chi connectivity index (χ0) is 18.9. The van der Waals surface area contributed by atoms with Crippen LogP contribution in [0.15, 0.2) is 62.1 Å². The van der Waals surface area contributed by atoms with Crippen LogP contribution in [0.2, 0.25) is 5.02 Å². The summed E-state index contributed by atoms with van der Waals surface area (Å²) >= 11 is 5.72. The third kappa shape index (κ3) is 5.35. The van der Waals surface area contributed by atoms with E-state index in [1.807, 2.05) is 0 Å². The lowest BCUT2D eigenvalue weighted by Gasteiger charge is -2.09. The molecule has 0 N–H and O–H groups in total. The highest BCUT2D eigenvalue weighted by Crippen LogP contribution is 2.25. The van der Waals surface area contributed by atoms with Crippen molar-refractivity contribution in [3.8, 4) is 5.75 Å². The van der Waals surface area contributed by atoms with Gasteiger partial charge in [-0.1, -0.05) is 11.6 Å². The smallest absolute Gasteiger partial charge is 0.406 e. The Bertz CT molecular complexity index is 978. The first kappa shape index (κ1) is 19.5. The highest BCUT2D eigenvalue weighted by Gasteiger charge is 2.31. The average Bonchev–Trinajstić information content (AvgIpc) is 2.45. The molecule has 2 aromatic rings. The van der Waals surface area contributed by atoms with Crippen molar-refractivity contribution in [3.63, 3.8) is 0 Å². The molecule has 11 heteroatoms. The monoisotopic (exact) mass is 413 g/mol. The average molecular weight is 414 g/mol. The molecule has 0 aromatic heterocycles. The quantitative estimate of drug-likeness (QED) is 0.757. The second-order valence-electron chi connectivity index (χ2n) is 4.83. The predicted octanol–water partition coefficient (Wildman–Crippen LogP) is 4.08. The van der Waals surface area contributed by atoms with Gasteiger partial charge in [0.25, 0.3) is 10.0 Å². The third-order valence-corrected chi connectivity index (χ3v) is 7.04. The molecule has 0 aliphatic rings. The number of rotatable bonds is 4. The van der Waals surface area contributed by atoms with E-state index in [1.165, 1.54) is 24.3 Å². The van der Waals surface area contributed by atoms with E-state index in [0.29, 0.717) is 5.02 Å². The van der Waals surface area contributed by atoms with E-state index >= 15 is 0 Å². The first-order valence-corrected chi connectivity index (χ1v) is 10.2. The minimum atomic E-state index is -4.89. The molecule has 5 nitrogen and oxygen atoms in total. The molecule has 0 spiro atoms. The molecule has 0 heterocycles. The van der Waals surface area contributed by atoms with Crippen molar-refractivity contribution in [3.05, 3.63) is 53.6 Å². The number of sulfonamides is 1. The van der Waals surface area contributed by atoms with E-state index in [2.05, 4.69) is 8.50 Å². The van der Waals surface area contributed by atoms with Gasteiger partial charge in [0, 0.05) is 16.2 Å². The molecule has 0 bridgehead atoms. The van der Waals surface area contributed by atoms with Crippen LogP contribution < -0.4 is 4.74 Å². The fraction of sp³-hybridized carbons (Fsp3) is 0.143. The van der Waals surface area contributed by atoms with Crippen LogP contribution >= 0.6 is 11.6 Å². The van der Waals surface area contributed by atoms with Gasteiger partial charge in [0.2, 0.25) is 0 Å². The van der Waals surface area contributed by atoms with E-state index in [-0.39, 0.29) is 4.90 Å². The Kier molecular flexibility index (Phi) is 5.35. The zero-order valence-corrected chi connectivity index (χ0v) is 14.9. The summed E-state index contributed by atoms with van der Waals surface area (Å²) in [5, 5.41) is 0.377. The maximum absolute atomic E-state index is 12.6. The Hall–Kier alpha value is -1.78. The Morgan fingerprint density at radius 1 is 0.920 bits per heavy atom. The molecular formula is C14H11ClF3NO4S2. The summed E-state index contributed by atoms with van der Waals surface area (Å²) in [6.45, 7) is 0. The summed E-state index contributed by atoms with van der Waals surface area (Å²) < 4.78 is 80.5. The Morgan fingerprint density at radius 2 is 1.40 bits per heavy atom. The van der Waals surface area contributed by atoms with Crippen LogP contribution in [0.4, 0.5) is 13.2 Å². The molecule has 2 aromatic carbocycles. The van der Waals surface area contributed by atoms with E-state index in [4.69, 9.17) is 11.6 Å². The van der Waals surface area contributed by atoms with Crippen molar-refractivity contribution >= 4 is 31.4 Å². The largest absolute Gasteiger partial charge is 0.573 e. The van der Waals surface area contributed by atoms with Gasteiger partial charge in [0.15, 0.2) is 0 Å². The molecule has 136 valence electrons. The molecule has 0 unspecified atom stereocenters. The molecule has 0 saturated heterocycles. The molecule has 1 atom stereocenters. The Labute approximate surface area is 147 Å². The first-order valence-electron chi connectivity index (χ1n) is 6.49. The third-order valence-electron chi connectivity index (χ3n) is 2.85. The minimum absolute atomic E-state index is 0.150. The Balaban J connectivity index is 2.38. The van der Waals surface area contributed by atoms with Crippen LogP contribution in [0.5, 0.6) is 5.75 Å². The summed E-state index contributed by atoms with van der Waals surface area (Å²) in [4.78, 5) is -0.261. The van der Waals surface area contributed by atoms with Gasteiger partial charge in [-0.2, -0.15) is 8.42 Å². The van der Waals surface area contributed by atoms with Crippen molar-refractivity contribution < 1.29 is 30.5 Å². The maximum atomic E-state index is 12.6. The highest BCUT2D eigenvalue weighted by molar-refractivity contribution is 8.03. The normalized spacial score (nSPS) is 14.6. The van der Waals surface area contributed by atoms with E-state index in [9.17, 15) is 25.8 Å². The SMILES string of the molecule is C[S@@](=O)(=NS(=O)(=O)c1ccc(OC(F)(F)F)cc1)c1ccc(Cl)cc1. The standard InChI is InChI=1S/C14H11ClF3NO4S2/c1-24(20,12-6-2-10(15)3-7-12)19-25(21,22)13-8-4-11(5-9-13)23-14(16,17)18/h2-9H,1H3/t24-/m0/s1. The van der Waals surface area contributed by atoms with Crippen LogP contribution in [0.1, 0.15) is 0 Å². The molecule has 0 radical (unpaired) electrons. The van der Waals surface area contributed by atoms with Crippen molar-refractivity contribution in [2.75, 3.05) is 6.26 Å². The zero-order valence-electron chi connectivity index (χ0n) is 12.5. The minimum Gasteiger partial charge on any atom is -0.406 e. The fourth-order valence-electron chi connectivity index (χ4n) is 1.77. The number of halogens is 4. The van der Waals surface area contributed by atoms with E-state index in [0.717, 1.165) is 30.5 Å². The van der Waals surface area contributed by atoms with Crippen molar-refractivity contribution in [1.82, 2.24) is 0 Å². The summed E-state index contributed by atoms with van der Waals surface area (Å²) in [5.74, 6) is -0.582. The topological polar surface area (TPSA) is 72.8 Å². The number of hydrogen-bond donors (Lipinski definition) is 0. The molecule has 0 aliphatic carbocycles. The second kappa shape index (κ2) is 6.85. The summed E-state index contributed by atoms with van der Waals surface area (Å²) in [5.41, 5.74) is 0. The fourth-order valence-corrected chi connectivity index (χ4v) is 5.21. The van der Waals surface area contributed by atoms with Crippen molar-refractivity contribution in [2.45, 2.75) is 16.2 Å². The van der Waals surface area contributed by atoms with E-state index in [1.54, 1.807) is 0 Å². The summed E-state index contributed by atoms with van der Waals surface area (Å²) in [7, 11) is -7.66. The molecule has 0 fully saturated rings. The first-order chi connectivity index (χ1) is 11.4. The van der Waals surface area contributed by atoms with Gasteiger partial charge in [-0.05, 0) is 48.5 Å². The predicted molar refractivity (Wildman–Crippen MR) is 86.5 cm³/mol. The van der Waals surface area contributed by atoms with Crippen LogP contribution in [0.3, 0.4) is 0 Å². The number of ether oxygens (including phenoxy) is 1. The van der Waals surface area contributed by atoms with Crippen molar-refractivity contribution in [1.29, 1.82) is 0 Å². The second-order valence-corrected chi connectivity index (χ2v) is 9.36. The van der Waals surface area contributed by atoms with Crippen LogP contribution in [0, 0.1) is 0 Å². The molecule has 25 heavy (non-hydrogen) atoms.